The van der Waals surface area contributed by atoms with Gasteiger partial charge in [0.15, 0.2) is 0 Å². The average Bonchev–Trinajstić information content (AvgIpc) is 2.78. The zero-order chi connectivity index (χ0) is 23.6. The molecule has 1 atom stereocenters. The van der Waals surface area contributed by atoms with Crippen LogP contribution in [0.1, 0.15) is 17.2 Å². The Morgan fingerprint density at radius 1 is 0.909 bits per heavy atom. The number of rotatable bonds is 5. The molecular weight excluding hydrogens is 441 g/mol. The normalized spacial score (nSPS) is 12.4. The third kappa shape index (κ3) is 4.92. The van der Waals surface area contributed by atoms with Gasteiger partial charge < -0.3 is 10.6 Å². The molecule has 0 aliphatic heterocycles. The van der Waals surface area contributed by atoms with Crippen LogP contribution in [0, 0.1) is 11.6 Å². The van der Waals surface area contributed by atoms with E-state index in [4.69, 9.17) is 0 Å². The minimum Gasteiger partial charge on any atom is -0.368 e. The van der Waals surface area contributed by atoms with E-state index in [-0.39, 0.29) is 11.3 Å². The minimum absolute atomic E-state index is 0.158. The summed E-state index contributed by atoms with van der Waals surface area (Å²) in [6.07, 6.45) is -1.38. The molecule has 4 aromatic rings. The van der Waals surface area contributed by atoms with Crippen molar-refractivity contribution in [1.29, 1.82) is 0 Å². The zero-order valence-corrected chi connectivity index (χ0v) is 16.8. The Morgan fingerprint density at radius 3 is 2.36 bits per heavy atom. The average molecular weight is 457 g/mol. The number of carbonyl (C=O) groups is 1. The maximum atomic E-state index is 14.3. The van der Waals surface area contributed by atoms with E-state index in [0.717, 1.165) is 41.8 Å². The van der Waals surface area contributed by atoms with Crippen molar-refractivity contribution in [3.05, 3.63) is 102 Å². The highest BCUT2D eigenvalue weighted by molar-refractivity contribution is 6.04. The largest absolute Gasteiger partial charge is 0.416 e. The number of alkyl halides is 3. The van der Waals surface area contributed by atoms with Crippen molar-refractivity contribution in [1.82, 2.24) is 4.98 Å². The Hall–Kier alpha value is -4.01. The van der Waals surface area contributed by atoms with Crippen LogP contribution >= 0.6 is 0 Å². The molecule has 4 nitrogen and oxygen atoms in total. The van der Waals surface area contributed by atoms with Crippen LogP contribution in [-0.2, 0) is 11.0 Å². The molecular formula is C24H16F5N3O. The Bertz CT molecular complexity index is 1300. The highest BCUT2D eigenvalue weighted by Gasteiger charge is 2.31. The van der Waals surface area contributed by atoms with Crippen LogP contribution in [0.2, 0.25) is 0 Å². The van der Waals surface area contributed by atoms with E-state index < -0.39 is 35.3 Å². The predicted octanol–water partition coefficient (Wildman–Crippen LogP) is 6.32. The molecule has 1 heterocycles. The fourth-order valence-electron chi connectivity index (χ4n) is 3.36. The van der Waals surface area contributed by atoms with Gasteiger partial charge in [-0.05, 0) is 42.0 Å². The number of aromatic nitrogens is 1. The quantitative estimate of drug-likeness (QED) is 0.345. The van der Waals surface area contributed by atoms with Gasteiger partial charge in [0.25, 0.3) is 5.91 Å². The summed E-state index contributed by atoms with van der Waals surface area (Å²) in [5.41, 5.74) is -0.470. The van der Waals surface area contributed by atoms with Crippen LogP contribution in [0.5, 0.6) is 0 Å². The molecule has 0 saturated carbocycles. The van der Waals surface area contributed by atoms with Crippen molar-refractivity contribution in [2.45, 2.75) is 12.2 Å². The molecule has 9 heteroatoms. The summed E-state index contributed by atoms with van der Waals surface area (Å²) in [4.78, 5) is 17.2. The number of carbonyl (C=O) groups excluding carboxylic acids is 1. The first kappa shape index (κ1) is 22.2. The van der Waals surface area contributed by atoms with Gasteiger partial charge in [0.2, 0.25) is 0 Å². The number of anilines is 2. The fourth-order valence-corrected chi connectivity index (χ4v) is 3.36. The second-order valence-corrected chi connectivity index (χ2v) is 7.21. The lowest BCUT2D eigenvalue weighted by atomic mass is 10.0. The summed E-state index contributed by atoms with van der Waals surface area (Å²) < 4.78 is 66.5. The zero-order valence-electron chi connectivity index (χ0n) is 16.8. The number of nitrogens with one attached hydrogen (secondary N) is 2. The lowest BCUT2D eigenvalue weighted by molar-refractivity contribution is -0.137. The van der Waals surface area contributed by atoms with Gasteiger partial charge >= 0.3 is 6.18 Å². The standard InChI is InChI=1S/C24H16F5N3O/c25-17-8-9-21(19(26)12-17)31-22(14-4-6-16(7-5-14)24(27,28)29)23(33)32-20-3-1-2-15-13-30-11-10-18(15)20/h1-13,22,31H,(H,32,33). The van der Waals surface area contributed by atoms with E-state index in [0.29, 0.717) is 17.1 Å². The summed E-state index contributed by atoms with van der Waals surface area (Å²) in [6.45, 7) is 0. The Labute approximate surface area is 185 Å². The summed E-state index contributed by atoms with van der Waals surface area (Å²) >= 11 is 0. The molecule has 4 rings (SSSR count). The highest BCUT2D eigenvalue weighted by Crippen LogP contribution is 2.32. The van der Waals surface area contributed by atoms with Gasteiger partial charge in [-0.25, -0.2) is 8.78 Å². The van der Waals surface area contributed by atoms with Crippen LogP contribution < -0.4 is 10.6 Å². The molecule has 3 aromatic carbocycles. The molecule has 0 aliphatic rings. The maximum absolute atomic E-state index is 14.3. The van der Waals surface area contributed by atoms with Gasteiger partial charge in [-0.15, -0.1) is 0 Å². The van der Waals surface area contributed by atoms with Gasteiger partial charge in [0.1, 0.15) is 17.7 Å². The monoisotopic (exact) mass is 457 g/mol. The molecule has 1 unspecified atom stereocenters. The predicted molar refractivity (Wildman–Crippen MR) is 115 cm³/mol. The summed E-state index contributed by atoms with van der Waals surface area (Å²) in [5, 5.41) is 6.86. The van der Waals surface area contributed by atoms with E-state index in [2.05, 4.69) is 15.6 Å². The Balaban J connectivity index is 1.70. The molecule has 0 radical (unpaired) electrons. The minimum atomic E-state index is -4.55. The van der Waals surface area contributed by atoms with Crippen LogP contribution in [0.25, 0.3) is 10.8 Å². The van der Waals surface area contributed by atoms with Crippen molar-refractivity contribution < 1.29 is 26.7 Å². The van der Waals surface area contributed by atoms with E-state index in [9.17, 15) is 26.7 Å². The molecule has 0 bridgehead atoms. The van der Waals surface area contributed by atoms with Crippen molar-refractivity contribution in [2.75, 3.05) is 10.6 Å². The van der Waals surface area contributed by atoms with Crippen molar-refractivity contribution >= 4 is 28.1 Å². The first-order chi connectivity index (χ1) is 15.7. The summed E-state index contributed by atoms with van der Waals surface area (Å²) in [7, 11) is 0. The van der Waals surface area contributed by atoms with Gasteiger partial charge in [0.05, 0.1) is 11.3 Å². The molecule has 2 N–H and O–H groups in total. The Morgan fingerprint density at radius 2 is 1.67 bits per heavy atom. The summed E-state index contributed by atoms with van der Waals surface area (Å²) in [5.74, 6) is -2.41. The molecule has 168 valence electrons. The highest BCUT2D eigenvalue weighted by atomic mass is 19.4. The van der Waals surface area contributed by atoms with Gasteiger partial charge in [0, 0.05) is 34.9 Å². The molecule has 0 spiro atoms. The molecule has 0 fully saturated rings. The van der Waals surface area contributed by atoms with Crippen LogP contribution in [0.4, 0.5) is 33.3 Å². The van der Waals surface area contributed by atoms with Crippen molar-refractivity contribution in [3.8, 4) is 0 Å². The lowest BCUT2D eigenvalue weighted by Crippen LogP contribution is -2.28. The molecule has 33 heavy (non-hydrogen) atoms. The number of halogens is 5. The van der Waals surface area contributed by atoms with E-state index in [1.165, 1.54) is 0 Å². The number of amides is 1. The molecule has 1 aromatic heterocycles. The van der Waals surface area contributed by atoms with Crippen molar-refractivity contribution in [3.63, 3.8) is 0 Å². The smallest absolute Gasteiger partial charge is 0.368 e. The second kappa shape index (κ2) is 8.85. The maximum Gasteiger partial charge on any atom is 0.416 e. The SMILES string of the molecule is O=C(Nc1cccc2cnccc12)C(Nc1ccc(F)cc1F)c1ccc(C(F)(F)F)cc1. The van der Waals surface area contributed by atoms with Gasteiger partial charge in [-0.3, -0.25) is 9.78 Å². The number of benzene rings is 3. The third-order valence-corrected chi connectivity index (χ3v) is 5.00. The topological polar surface area (TPSA) is 54.0 Å². The summed E-state index contributed by atoms with van der Waals surface area (Å²) in [6, 6.07) is 12.3. The van der Waals surface area contributed by atoms with Crippen LogP contribution in [0.15, 0.2) is 79.1 Å². The molecule has 0 aliphatic carbocycles. The van der Waals surface area contributed by atoms with Crippen LogP contribution in [-0.4, -0.2) is 10.9 Å². The van der Waals surface area contributed by atoms with Gasteiger partial charge in [-0.1, -0.05) is 24.3 Å². The first-order valence-corrected chi connectivity index (χ1v) is 9.75. The number of hydrogen-bond donors (Lipinski definition) is 2. The Kier molecular flexibility index (Phi) is 5.95. The van der Waals surface area contributed by atoms with Gasteiger partial charge in [-0.2, -0.15) is 13.2 Å². The van der Waals surface area contributed by atoms with E-state index in [1.54, 1.807) is 36.7 Å². The number of hydrogen-bond acceptors (Lipinski definition) is 3. The lowest BCUT2D eigenvalue weighted by Gasteiger charge is -2.21. The third-order valence-electron chi connectivity index (χ3n) is 5.00. The van der Waals surface area contributed by atoms with Crippen molar-refractivity contribution in [2.24, 2.45) is 0 Å². The van der Waals surface area contributed by atoms with Crippen LogP contribution in [0.3, 0.4) is 0 Å². The number of fused-ring (bicyclic) bond motifs is 1. The first-order valence-electron chi connectivity index (χ1n) is 9.75. The second-order valence-electron chi connectivity index (χ2n) is 7.21. The fraction of sp³-hybridized carbons (Fsp3) is 0.0833. The number of pyridine rings is 1. The van der Waals surface area contributed by atoms with E-state index >= 15 is 0 Å². The number of nitrogens with zero attached hydrogens (tertiary/aromatic N) is 1. The van der Waals surface area contributed by atoms with E-state index in [1.807, 2.05) is 0 Å². The molecule has 1 amide bonds. The molecule has 0 saturated heterocycles.